The third kappa shape index (κ3) is 3.61. The predicted octanol–water partition coefficient (Wildman–Crippen LogP) is 3.47. The highest BCUT2D eigenvalue weighted by atomic mass is 32.1. The minimum Gasteiger partial charge on any atom is -0.472 e. The van der Waals surface area contributed by atoms with E-state index in [2.05, 4.69) is 5.32 Å². The highest BCUT2D eigenvalue weighted by Crippen LogP contribution is 2.33. The normalized spacial score (nSPS) is 14.0. The Bertz CT molecular complexity index is 725. The Morgan fingerprint density at radius 3 is 2.91 bits per heavy atom. The number of carbonyl (C=O) groups is 1. The topological polar surface area (TPSA) is 62.5 Å². The molecule has 3 heterocycles. The van der Waals surface area contributed by atoms with Crippen molar-refractivity contribution < 1.29 is 14.3 Å². The molecule has 6 heteroatoms. The highest BCUT2D eigenvalue weighted by Gasteiger charge is 2.33. The van der Waals surface area contributed by atoms with E-state index in [9.17, 15) is 9.90 Å². The quantitative estimate of drug-likeness (QED) is 0.673. The van der Waals surface area contributed by atoms with Crippen molar-refractivity contribution in [2.24, 2.45) is 0 Å². The van der Waals surface area contributed by atoms with E-state index in [1.807, 2.05) is 34.3 Å². The fourth-order valence-electron chi connectivity index (χ4n) is 2.16. The first-order valence-electron chi connectivity index (χ1n) is 6.95. The van der Waals surface area contributed by atoms with E-state index in [4.69, 9.17) is 4.42 Å². The van der Waals surface area contributed by atoms with Crippen LogP contribution in [0.1, 0.15) is 16.0 Å². The molecule has 0 saturated heterocycles. The highest BCUT2D eigenvalue weighted by molar-refractivity contribution is 7.10. The van der Waals surface area contributed by atoms with Crippen LogP contribution in [0.2, 0.25) is 0 Å². The van der Waals surface area contributed by atoms with Gasteiger partial charge in [-0.15, -0.1) is 11.3 Å². The van der Waals surface area contributed by atoms with Gasteiger partial charge in [0, 0.05) is 22.1 Å². The van der Waals surface area contributed by atoms with Crippen molar-refractivity contribution in [3.05, 3.63) is 75.0 Å². The van der Waals surface area contributed by atoms with E-state index >= 15 is 0 Å². The lowest BCUT2D eigenvalue weighted by Gasteiger charge is -2.26. The summed E-state index contributed by atoms with van der Waals surface area (Å²) in [5, 5.41) is 19.6. The average Bonchev–Trinajstić information content (AvgIpc) is 3.33. The molecule has 0 saturated carbocycles. The van der Waals surface area contributed by atoms with Crippen LogP contribution in [-0.2, 0) is 10.4 Å². The maximum atomic E-state index is 12.0. The second-order valence-corrected chi connectivity index (χ2v) is 6.69. The molecule has 1 atom stereocenters. The fraction of sp³-hybridized carbons (Fsp3) is 0.118. The number of thiophene rings is 2. The molecule has 3 rings (SSSR count). The Hall–Kier alpha value is -2.15. The molecule has 0 spiro atoms. The van der Waals surface area contributed by atoms with Gasteiger partial charge in [0.05, 0.1) is 19.1 Å². The molecule has 0 bridgehead atoms. The third-order valence-electron chi connectivity index (χ3n) is 3.42. The van der Waals surface area contributed by atoms with Crippen molar-refractivity contribution >= 4 is 34.7 Å². The van der Waals surface area contributed by atoms with E-state index in [1.54, 1.807) is 24.7 Å². The summed E-state index contributed by atoms with van der Waals surface area (Å²) in [7, 11) is 0. The molecule has 3 aromatic heterocycles. The molecule has 4 nitrogen and oxygen atoms in total. The average molecular weight is 345 g/mol. The van der Waals surface area contributed by atoms with Gasteiger partial charge in [0.2, 0.25) is 5.91 Å². The smallest absolute Gasteiger partial charge is 0.244 e. The second kappa shape index (κ2) is 6.95. The van der Waals surface area contributed by atoms with Crippen LogP contribution in [0.3, 0.4) is 0 Å². The fourth-order valence-corrected chi connectivity index (χ4v) is 3.73. The van der Waals surface area contributed by atoms with Crippen molar-refractivity contribution in [3.63, 3.8) is 0 Å². The summed E-state index contributed by atoms with van der Waals surface area (Å²) >= 11 is 2.98. The SMILES string of the molecule is O=C(C=Cc1ccoc1)NCC(O)(c1ccsc1)c1cccs1. The first-order chi connectivity index (χ1) is 11.2. The number of hydrogen-bond acceptors (Lipinski definition) is 5. The van der Waals surface area contributed by atoms with Crippen LogP contribution >= 0.6 is 22.7 Å². The molecule has 0 aliphatic rings. The molecular weight excluding hydrogens is 330 g/mol. The van der Waals surface area contributed by atoms with Gasteiger partial charge in [-0.05, 0) is 40.4 Å². The Morgan fingerprint density at radius 2 is 2.26 bits per heavy atom. The predicted molar refractivity (Wildman–Crippen MR) is 92.4 cm³/mol. The van der Waals surface area contributed by atoms with E-state index in [-0.39, 0.29) is 12.5 Å². The lowest BCUT2D eigenvalue weighted by Crippen LogP contribution is -2.40. The van der Waals surface area contributed by atoms with Gasteiger partial charge in [-0.2, -0.15) is 11.3 Å². The minimum absolute atomic E-state index is 0.110. The maximum absolute atomic E-state index is 12.0. The van der Waals surface area contributed by atoms with E-state index in [0.29, 0.717) is 0 Å². The summed E-state index contributed by atoms with van der Waals surface area (Å²) in [5.41, 5.74) is 0.378. The van der Waals surface area contributed by atoms with E-state index < -0.39 is 5.60 Å². The van der Waals surface area contributed by atoms with E-state index in [1.165, 1.54) is 28.7 Å². The van der Waals surface area contributed by atoms with Crippen molar-refractivity contribution in [2.45, 2.75) is 5.60 Å². The van der Waals surface area contributed by atoms with Gasteiger partial charge < -0.3 is 14.8 Å². The Labute approximate surface area is 141 Å². The Balaban J connectivity index is 1.71. The number of aliphatic hydroxyl groups is 1. The van der Waals surface area contributed by atoms with Gasteiger partial charge >= 0.3 is 0 Å². The molecule has 1 unspecified atom stereocenters. The van der Waals surface area contributed by atoms with Crippen LogP contribution in [0.5, 0.6) is 0 Å². The van der Waals surface area contributed by atoms with Crippen LogP contribution in [0.25, 0.3) is 6.08 Å². The zero-order chi connectivity index (χ0) is 16.1. The molecule has 0 aromatic carbocycles. The zero-order valence-electron chi connectivity index (χ0n) is 12.1. The van der Waals surface area contributed by atoms with Crippen LogP contribution < -0.4 is 5.32 Å². The molecule has 118 valence electrons. The molecule has 1 amide bonds. The maximum Gasteiger partial charge on any atom is 0.244 e. The summed E-state index contributed by atoms with van der Waals surface area (Å²) in [4.78, 5) is 12.8. The molecule has 0 fully saturated rings. The zero-order valence-corrected chi connectivity index (χ0v) is 13.8. The van der Waals surface area contributed by atoms with Gasteiger partial charge in [0.25, 0.3) is 0 Å². The van der Waals surface area contributed by atoms with Crippen LogP contribution in [-0.4, -0.2) is 17.6 Å². The van der Waals surface area contributed by atoms with E-state index in [0.717, 1.165) is 16.0 Å². The van der Waals surface area contributed by atoms with Gasteiger partial charge in [0.1, 0.15) is 5.60 Å². The molecule has 0 radical (unpaired) electrons. The van der Waals surface area contributed by atoms with Crippen LogP contribution in [0.4, 0.5) is 0 Å². The van der Waals surface area contributed by atoms with Crippen LogP contribution in [0.15, 0.2) is 63.4 Å². The van der Waals surface area contributed by atoms with Gasteiger partial charge in [-0.1, -0.05) is 6.07 Å². The monoisotopic (exact) mass is 345 g/mol. The third-order valence-corrected chi connectivity index (χ3v) is 5.12. The number of carbonyl (C=O) groups excluding carboxylic acids is 1. The van der Waals surface area contributed by atoms with Crippen LogP contribution in [0, 0.1) is 0 Å². The van der Waals surface area contributed by atoms with Crippen molar-refractivity contribution in [1.82, 2.24) is 5.32 Å². The first kappa shape index (κ1) is 15.7. The van der Waals surface area contributed by atoms with Gasteiger partial charge in [-0.3, -0.25) is 4.79 Å². The Morgan fingerprint density at radius 1 is 1.35 bits per heavy atom. The molecular formula is C17H15NO3S2. The molecule has 0 aliphatic heterocycles. The van der Waals surface area contributed by atoms with Crippen molar-refractivity contribution in [1.29, 1.82) is 0 Å². The minimum atomic E-state index is -1.21. The number of amides is 1. The summed E-state index contributed by atoms with van der Waals surface area (Å²) in [6.45, 7) is 0.110. The second-order valence-electron chi connectivity index (χ2n) is 4.96. The van der Waals surface area contributed by atoms with Crippen molar-refractivity contribution in [2.75, 3.05) is 6.54 Å². The van der Waals surface area contributed by atoms with Gasteiger partial charge in [0.15, 0.2) is 0 Å². The lowest BCUT2D eigenvalue weighted by molar-refractivity contribution is -0.117. The van der Waals surface area contributed by atoms with Crippen molar-refractivity contribution in [3.8, 4) is 0 Å². The summed E-state index contributed by atoms with van der Waals surface area (Å²) in [6, 6.07) is 7.39. The summed E-state index contributed by atoms with van der Waals surface area (Å²) in [6.07, 6.45) is 6.18. The molecule has 23 heavy (non-hydrogen) atoms. The Kier molecular flexibility index (Phi) is 4.76. The number of nitrogens with one attached hydrogen (secondary N) is 1. The van der Waals surface area contributed by atoms with Gasteiger partial charge in [-0.25, -0.2) is 0 Å². The standard InChI is InChI=1S/C17H15NO3S2/c19-16(4-3-13-5-7-21-10-13)18-12-17(20,14-6-9-22-11-14)15-2-1-8-23-15/h1-11,20H,12H2,(H,18,19). The largest absolute Gasteiger partial charge is 0.472 e. The molecule has 2 N–H and O–H groups in total. The number of hydrogen-bond donors (Lipinski definition) is 2. The molecule has 3 aromatic rings. The number of rotatable bonds is 6. The summed E-state index contributed by atoms with van der Waals surface area (Å²) < 4.78 is 4.94. The first-order valence-corrected chi connectivity index (χ1v) is 8.78. The molecule has 0 aliphatic carbocycles. The number of furan rings is 1. The summed E-state index contributed by atoms with van der Waals surface area (Å²) in [5.74, 6) is -0.267. The lowest BCUT2D eigenvalue weighted by atomic mass is 9.94.